The van der Waals surface area contributed by atoms with Gasteiger partial charge in [0.25, 0.3) is 0 Å². The van der Waals surface area contributed by atoms with Gasteiger partial charge in [-0.2, -0.15) is 0 Å². The van der Waals surface area contributed by atoms with Crippen LogP contribution in [-0.2, 0) is 4.79 Å². The van der Waals surface area contributed by atoms with Crippen molar-refractivity contribution in [3.05, 3.63) is 36.4 Å². The molecule has 6 heteroatoms. The molecule has 2 aromatic rings. The fourth-order valence-electron chi connectivity index (χ4n) is 2.01. The number of aromatic nitrogens is 1. The number of anilines is 1. The molecular formula is C14H15N3O2S. The van der Waals surface area contributed by atoms with E-state index in [-0.39, 0.29) is 11.9 Å². The first kappa shape index (κ1) is 13.2. The number of nitrogens with zero attached hydrogens (tertiary/aromatic N) is 1. The van der Waals surface area contributed by atoms with Gasteiger partial charge in [0, 0.05) is 29.8 Å². The molecule has 2 heterocycles. The molecule has 1 saturated heterocycles. The standard InChI is InChI=1S/C14H15N3O2S/c1-9-16-12(6-19-9)10-2-4-11(5-3-10)17-14(18)13-7-20-8-15-13/h2-6,13,15H,7-8H2,1H3,(H,17,18). The quantitative estimate of drug-likeness (QED) is 0.907. The highest BCUT2D eigenvalue weighted by atomic mass is 32.2. The lowest BCUT2D eigenvalue weighted by Crippen LogP contribution is -2.37. The van der Waals surface area contributed by atoms with E-state index in [2.05, 4.69) is 15.6 Å². The van der Waals surface area contributed by atoms with Crippen LogP contribution in [0.4, 0.5) is 5.69 Å². The minimum absolute atomic E-state index is 0.0139. The lowest BCUT2D eigenvalue weighted by molar-refractivity contribution is -0.117. The molecule has 0 saturated carbocycles. The van der Waals surface area contributed by atoms with Crippen molar-refractivity contribution in [2.45, 2.75) is 13.0 Å². The molecule has 1 aliphatic heterocycles. The number of oxazole rings is 1. The number of hydrogen-bond acceptors (Lipinski definition) is 5. The summed E-state index contributed by atoms with van der Waals surface area (Å²) in [6.07, 6.45) is 1.63. The SMILES string of the molecule is Cc1nc(-c2ccc(NC(=O)C3CSCN3)cc2)co1. The number of benzene rings is 1. The normalized spacial score (nSPS) is 18.1. The van der Waals surface area contributed by atoms with Crippen LogP contribution in [0.15, 0.2) is 34.9 Å². The maximum Gasteiger partial charge on any atom is 0.242 e. The Balaban J connectivity index is 1.68. The van der Waals surface area contributed by atoms with Gasteiger partial charge in [-0.05, 0) is 12.1 Å². The second-order valence-electron chi connectivity index (χ2n) is 4.59. The van der Waals surface area contributed by atoms with Crippen molar-refractivity contribution in [1.29, 1.82) is 0 Å². The summed E-state index contributed by atoms with van der Waals surface area (Å²) in [7, 11) is 0. The third-order valence-electron chi connectivity index (χ3n) is 3.10. The molecule has 3 rings (SSSR count). The van der Waals surface area contributed by atoms with Crippen LogP contribution in [0, 0.1) is 6.92 Å². The van der Waals surface area contributed by atoms with Crippen LogP contribution in [0.3, 0.4) is 0 Å². The van der Waals surface area contributed by atoms with E-state index in [9.17, 15) is 4.79 Å². The summed E-state index contributed by atoms with van der Waals surface area (Å²) < 4.78 is 5.19. The zero-order chi connectivity index (χ0) is 13.9. The molecule has 1 fully saturated rings. The van der Waals surface area contributed by atoms with Crippen molar-refractivity contribution in [2.75, 3.05) is 16.9 Å². The summed E-state index contributed by atoms with van der Waals surface area (Å²) in [5.74, 6) is 2.31. The number of aryl methyl sites for hydroxylation is 1. The highest BCUT2D eigenvalue weighted by molar-refractivity contribution is 7.99. The van der Waals surface area contributed by atoms with Crippen LogP contribution in [0.25, 0.3) is 11.3 Å². The van der Waals surface area contributed by atoms with Crippen LogP contribution in [0.2, 0.25) is 0 Å². The van der Waals surface area contributed by atoms with Gasteiger partial charge in [-0.15, -0.1) is 11.8 Å². The Bertz CT molecular complexity index is 603. The molecule has 2 N–H and O–H groups in total. The smallest absolute Gasteiger partial charge is 0.242 e. The van der Waals surface area contributed by atoms with Gasteiger partial charge in [0.1, 0.15) is 12.0 Å². The van der Waals surface area contributed by atoms with Crippen molar-refractivity contribution < 1.29 is 9.21 Å². The average molecular weight is 289 g/mol. The Kier molecular flexibility index (Phi) is 3.75. The number of amides is 1. The van der Waals surface area contributed by atoms with Crippen molar-refractivity contribution >= 4 is 23.4 Å². The molecule has 0 radical (unpaired) electrons. The first-order valence-corrected chi connectivity index (χ1v) is 7.52. The maximum absolute atomic E-state index is 12.0. The van der Waals surface area contributed by atoms with Gasteiger partial charge in [0.05, 0.1) is 6.04 Å². The largest absolute Gasteiger partial charge is 0.449 e. The third kappa shape index (κ3) is 2.86. The number of nitrogens with one attached hydrogen (secondary N) is 2. The number of thioether (sulfide) groups is 1. The van der Waals surface area contributed by atoms with Crippen LogP contribution in [-0.4, -0.2) is 28.6 Å². The first-order chi connectivity index (χ1) is 9.72. The van der Waals surface area contributed by atoms with Crippen molar-refractivity contribution in [3.8, 4) is 11.3 Å². The zero-order valence-corrected chi connectivity index (χ0v) is 11.9. The molecule has 1 unspecified atom stereocenters. The van der Waals surface area contributed by atoms with E-state index < -0.39 is 0 Å². The van der Waals surface area contributed by atoms with Crippen LogP contribution >= 0.6 is 11.8 Å². The summed E-state index contributed by atoms with van der Waals surface area (Å²) in [5.41, 5.74) is 2.56. The highest BCUT2D eigenvalue weighted by Crippen LogP contribution is 2.21. The Morgan fingerprint density at radius 1 is 1.45 bits per heavy atom. The summed E-state index contributed by atoms with van der Waals surface area (Å²) >= 11 is 1.73. The second-order valence-corrected chi connectivity index (χ2v) is 5.62. The van der Waals surface area contributed by atoms with E-state index in [1.165, 1.54) is 0 Å². The van der Waals surface area contributed by atoms with E-state index in [1.54, 1.807) is 18.0 Å². The van der Waals surface area contributed by atoms with Crippen LogP contribution in [0.1, 0.15) is 5.89 Å². The Morgan fingerprint density at radius 2 is 2.25 bits per heavy atom. The Hall–Kier alpha value is -1.79. The lowest BCUT2D eigenvalue weighted by atomic mass is 10.1. The summed E-state index contributed by atoms with van der Waals surface area (Å²) in [6, 6.07) is 7.49. The van der Waals surface area contributed by atoms with Gasteiger partial charge >= 0.3 is 0 Å². The molecule has 20 heavy (non-hydrogen) atoms. The fourth-order valence-corrected chi connectivity index (χ4v) is 2.96. The molecule has 0 aliphatic carbocycles. The average Bonchev–Trinajstić information content (AvgIpc) is 3.10. The van der Waals surface area contributed by atoms with E-state index in [1.807, 2.05) is 31.2 Å². The molecule has 1 amide bonds. The Morgan fingerprint density at radius 3 is 2.85 bits per heavy atom. The lowest BCUT2D eigenvalue weighted by Gasteiger charge is -2.10. The van der Waals surface area contributed by atoms with Gasteiger partial charge in [-0.1, -0.05) is 12.1 Å². The van der Waals surface area contributed by atoms with E-state index in [0.717, 1.165) is 28.6 Å². The monoisotopic (exact) mass is 289 g/mol. The predicted molar refractivity (Wildman–Crippen MR) is 79.6 cm³/mol. The maximum atomic E-state index is 12.0. The summed E-state index contributed by atoms with van der Waals surface area (Å²) in [6.45, 7) is 1.81. The van der Waals surface area contributed by atoms with Gasteiger partial charge in [0.2, 0.25) is 5.91 Å². The molecule has 0 bridgehead atoms. The summed E-state index contributed by atoms with van der Waals surface area (Å²) in [5, 5.41) is 6.05. The molecule has 0 spiro atoms. The van der Waals surface area contributed by atoms with Crippen molar-refractivity contribution in [1.82, 2.24) is 10.3 Å². The van der Waals surface area contributed by atoms with E-state index >= 15 is 0 Å². The Labute approximate surface area is 121 Å². The number of carbonyl (C=O) groups is 1. The van der Waals surface area contributed by atoms with E-state index in [0.29, 0.717) is 5.89 Å². The molecule has 1 aromatic heterocycles. The van der Waals surface area contributed by atoms with Gasteiger partial charge in [-0.25, -0.2) is 4.98 Å². The molecule has 1 aliphatic rings. The van der Waals surface area contributed by atoms with Gasteiger partial charge < -0.3 is 9.73 Å². The summed E-state index contributed by atoms with van der Waals surface area (Å²) in [4.78, 5) is 16.2. The molecule has 1 atom stereocenters. The first-order valence-electron chi connectivity index (χ1n) is 6.37. The van der Waals surface area contributed by atoms with Crippen molar-refractivity contribution in [2.24, 2.45) is 0 Å². The highest BCUT2D eigenvalue weighted by Gasteiger charge is 2.22. The van der Waals surface area contributed by atoms with Crippen LogP contribution in [0.5, 0.6) is 0 Å². The molecular weight excluding hydrogens is 274 g/mol. The number of carbonyl (C=O) groups excluding carboxylic acids is 1. The zero-order valence-electron chi connectivity index (χ0n) is 11.1. The third-order valence-corrected chi connectivity index (χ3v) is 4.04. The fraction of sp³-hybridized carbons (Fsp3) is 0.286. The predicted octanol–water partition coefficient (Wildman–Crippen LogP) is 2.25. The van der Waals surface area contributed by atoms with Crippen LogP contribution < -0.4 is 10.6 Å². The van der Waals surface area contributed by atoms with Crippen molar-refractivity contribution in [3.63, 3.8) is 0 Å². The number of hydrogen-bond donors (Lipinski definition) is 2. The van der Waals surface area contributed by atoms with Gasteiger partial charge in [0.15, 0.2) is 5.89 Å². The van der Waals surface area contributed by atoms with E-state index in [4.69, 9.17) is 4.42 Å². The number of rotatable bonds is 3. The van der Waals surface area contributed by atoms with Gasteiger partial charge in [-0.3, -0.25) is 10.1 Å². The second kappa shape index (κ2) is 5.68. The molecule has 1 aromatic carbocycles. The minimum atomic E-state index is -0.0992. The topological polar surface area (TPSA) is 67.2 Å². The molecule has 5 nitrogen and oxygen atoms in total. The molecule has 104 valence electrons. The minimum Gasteiger partial charge on any atom is -0.449 e.